The van der Waals surface area contributed by atoms with Crippen molar-refractivity contribution in [3.8, 4) is 0 Å². The minimum absolute atomic E-state index is 0.00184. The lowest BCUT2D eigenvalue weighted by molar-refractivity contribution is 0.216. The van der Waals surface area contributed by atoms with E-state index in [0.717, 1.165) is 0 Å². The Balaban J connectivity index is 3.08. The average Bonchev–Trinajstić information content (AvgIpc) is 2.51. The van der Waals surface area contributed by atoms with Crippen LogP contribution in [0.1, 0.15) is 19.5 Å². The van der Waals surface area contributed by atoms with Crippen molar-refractivity contribution in [3.05, 3.63) is 5.69 Å². The van der Waals surface area contributed by atoms with Crippen molar-refractivity contribution in [3.63, 3.8) is 0 Å². The fourth-order valence-electron chi connectivity index (χ4n) is 1.52. The molecule has 18 heavy (non-hydrogen) atoms. The number of hydrogen-bond acceptors (Lipinski definition) is 5. The highest BCUT2D eigenvalue weighted by atomic mass is 32.2. The summed E-state index contributed by atoms with van der Waals surface area (Å²) in [7, 11) is -2.10. The molecule has 8 heteroatoms. The van der Waals surface area contributed by atoms with Crippen LogP contribution in [0.4, 0.5) is 5.82 Å². The number of rotatable bonds is 5. The van der Waals surface area contributed by atoms with Crippen LogP contribution in [0.2, 0.25) is 0 Å². The molecular weight excluding hydrogens is 256 g/mol. The van der Waals surface area contributed by atoms with Crippen molar-refractivity contribution in [2.45, 2.75) is 31.7 Å². The van der Waals surface area contributed by atoms with E-state index in [-0.39, 0.29) is 29.3 Å². The third kappa shape index (κ3) is 2.82. The van der Waals surface area contributed by atoms with Crippen LogP contribution in [0.15, 0.2) is 4.90 Å². The molecule has 0 radical (unpaired) electrons. The maximum atomic E-state index is 12.2. The normalized spacial score (nSPS) is 15.6. The first-order chi connectivity index (χ1) is 8.20. The highest BCUT2D eigenvalue weighted by molar-refractivity contribution is 7.89. The molecule has 104 valence electrons. The standard InChI is InChI=1S/C10H20N4O3S/c1-6(5-15)7(2)13-18(16,17)9-8(3)14(4)12-10(9)11/h6-7,13,15H,5H2,1-4H3,(H2,11,12). The molecule has 0 fully saturated rings. The zero-order valence-electron chi connectivity index (χ0n) is 11.0. The first-order valence-corrected chi connectivity index (χ1v) is 7.11. The van der Waals surface area contributed by atoms with Gasteiger partial charge >= 0.3 is 0 Å². The SMILES string of the molecule is Cc1c(S(=O)(=O)NC(C)C(C)CO)c(N)nn1C. The molecule has 2 atom stereocenters. The molecule has 4 N–H and O–H groups in total. The highest BCUT2D eigenvalue weighted by Crippen LogP contribution is 2.21. The molecular formula is C10H20N4O3S. The summed E-state index contributed by atoms with van der Waals surface area (Å²) in [5, 5.41) is 12.9. The Morgan fingerprint density at radius 1 is 1.50 bits per heavy atom. The Hall–Kier alpha value is -1.12. The number of anilines is 1. The Labute approximate surface area is 107 Å². The van der Waals surface area contributed by atoms with Crippen LogP contribution in [0.5, 0.6) is 0 Å². The number of nitrogens with zero attached hydrogens (tertiary/aromatic N) is 2. The van der Waals surface area contributed by atoms with Gasteiger partial charge in [-0.15, -0.1) is 0 Å². The molecule has 0 aromatic carbocycles. The molecule has 0 amide bonds. The van der Waals surface area contributed by atoms with Gasteiger partial charge in [-0.2, -0.15) is 5.10 Å². The molecule has 0 aliphatic carbocycles. The predicted octanol–water partition coefficient (Wildman–Crippen LogP) is -0.394. The second-order valence-corrected chi connectivity index (χ2v) is 6.14. The zero-order chi connectivity index (χ0) is 14.1. The molecule has 1 rings (SSSR count). The van der Waals surface area contributed by atoms with E-state index in [1.165, 1.54) is 4.68 Å². The van der Waals surface area contributed by atoms with Crippen molar-refractivity contribution in [2.75, 3.05) is 12.3 Å². The third-order valence-electron chi connectivity index (χ3n) is 3.06. The molecule has 2 unspecified atom stereocenters. The number of nitrogen functional groups attached to an aromatic ring is 1. The fourth-order valence-corrected chi connectivity index (χ4v) is 3.20. The van der Waals surface area contributed by atoms with Gasteiger partial charge in [0.2, 0.25) is 10.0 Å². The van der Waals surface area contributed by atoms with Gasteiger partial charge in [-0.05, 0) is 19.8 Å². The quantitative estimate of drug-likeness (QED) is 0.678. The summed E-state index contributed by atoms with van der Waals surface area (Å²) in [6.45, 7) is 5.00. The van der Waals surface area contributed by atoms with Crippen molar-refractivity contribution in [2.24, 2.45) is 13.0 Å². The van der Waals surface area contributed by atoms with Crippen molar-refractivity contribution < 1.29 is 13.5 Å². The Morgan fingerprint density at radius 3 is 2.44 bits per heavy atom. The summed E-state index contributed by atoms with van der Waals surface area (Å²) in [6, 6.07) is -0.390. The maximum absolute atomic E-state index is 12.2. The molecule has 0 saturated heterocycles. The molecule has 0 aliphatic rings. The summed E-state index contributed by atoms with van der Waals surface area (Å²) in [5.74, 6) is -0.204. The lowest BCUT2D eigenvalue weighted by Crippen LogP contribution is -2.38. The van der Waals surface area contributed by atoms with E-state index in [2.05, 4.69) is 9.82 Å². The monoisotopic (exact) mass is 276 g/mol. The van der Waals surface area contributed by atoms with Crippen LogP contribution in [0.25, 0.3) is 0 Å². The number of aryl methyl sites for hydroxylation is 1. The van der Waals surface area contributed by atoms with E-state index in [9.17, 15) is 8.42 Å². The molecule has 0 spiro atoms. The van der Waals surface area contributed by atoms with Crippen LogP contribution in [-0.2, 0) is 17.1 Å². The van der Waals surface area contributed by atoms with Gasteiger partial charge in [0.1, 0.15) is 4.90 Å². The minimum Gasteiger partial charge on any atom is -0.396 e. The second-order valence-electron chi connectivity index (χ2n) is 4.49. The molecule has 1 aromatic rings. The summed E-state index contributed by atoms with van der Waals surface area (Å²) < 4.78 is 28.3. The lowest BCUT2D eigenvalue weighted by atomic mass is 10.1. The molecule has 1 aromatic heterocycles. The number of hydrogen-bond donors (Lipinski definition) is 3. The smallest absolute Gasteiger partial charge is 0.246 e. The average molecular weight is 276 g/mol. The van der Waals surface area contributed by atoms with Crippen LogP contribution < -0.4 is 10.5 Å². The highest BCUT2D eigenvalue weighted by Gasteiger charge is 2.27. The zero-order valence-corrected chi connectivity index (χ0v) is 11.8. The van der Waals surface area contributed by atoms with Crippen LogP contribution >= 0.6 is 0 Å². The fraction of sp³-hybridized carbons (Fsp3) is 0.700. The topological polar surface area (TPSA) is 110 Å². The van der Waals surface area contributed by atoms with E-state index in [0.29, 0.717) is 5.69 Å². The predicted molar refractivity (Wildman–Crippen MR) is 68.4 cm³/mol. The summed E-state index contributed by atoms with van der Waals surface area (Å²) in [6.07, 6.45) is 0. The van der Waals surface area contributed by atoms with Gasteiger partial charge in [-0.1, -0.05) is 6.92 Å². The van der Waals surface area contributed by atoms with Crippen LogP contribution in [0.3, 0.4) is 0 Å². The van der Waals surface area contributed by atoms with Gasteiger partial charge in [0.25, 0.3) is 0 Å². The van der Waals surface area contributed by atoms with E-state index < -0.39 is 10.0 Å². The van der Waals surface area contributed by atoms with Gasteiger partial charge in [-0.25, -0.2) is 13.1 Å². The van der Waals surface area contributed by atoms with E-state index in [1.54, 1.807) is 27.8 Å². The van der Waals surface area contributed by atoms with Crippen molar-refractivity contribution in [1.82, 2.24) is 14.5 Å². The Morgan fingerprint density at radius 2 is 2.06 bits per heavy atom. The molecule has 0 bridgehead atoms. The van der Waals surface area contributed by atoms with Gasteiger partial charge in [0, 0.05) is 19.7 Å². The molecule has 0 aliphatic heterocycles. The van der Waals surface area contributed by atoms with E-state index >= 15 is 0 Å². The summed E-state index contributed by atoms with van der Waals surface area (Å²) in [5.41, 5.74) is 6.09. The number of aliphatic hydroxyl groups excluding tert-OH is 1. The van der Waals surface area contributed by atoms with Gasteiger partial charge in [0.15, 0.2) is 5.82 Å². The first kappa shape index (κ1) is 14.9. The maximum Gasteiger partial charge on any atom is 0.246 e. The first-order valence-electron chi connectivity index (χ1n) is 5.63. The summed E-state index contributed by atoms with van der Waals surface area (Å²) >= 11 is 0. The lowest BCUT2D eigenvalue weighted by Gasteiger charge is -2.19. The minimum atomic E-state index is -3.72. The number of sulfonamides is 1. The molecule has 0 saturated carbocycles. The Kier molecular flexibility index (Phi) is 4.36. The van der Waals surface area contributed by atoms with Crippen molar-refractivity contribution in [1.29, 1.82) is 0 Å². The molecule has 1 heterocycles. The Bertz CT molecular complexity index is 523. The van der Waals surface area contributed by atoms with Gasteiger partial charge in [-0.3, -0.25) is 4.68 Å². The van der Waals surface area contributed by atoms with E-state index in [4.69, 9.17) is 10.8 Å². The number of nitrogens with two attached hydrogens (primary N) is 1. The van der Waals surface area contributed by atoms with Gasteiger partial charge in [0.05, 0.1) is 5.69 Å². The van der Waals surface area contributed by atoms with Crippen LogP contribution in [-0.4, -0.2) is 36.0 Å². The van der Waals surface area contributed by atoms with Crippen LogP contribution in [0, 0.1) is 12.8 Å². The van der Waals surface area contributed by atoms with Gasteiger partial charge < -0.3 is 10.8 Å². The van der Waals surface area contributed by atoms with E-state index in [1.807, 2.05) is 0 Å². The number of aromatic nitrogens is 2. The largest absolute Gasteiger partial charge is 0.396 e. The van der Waals surface area contributed by atoms with Crippen molar-refractivity contribution >= 4 is 15.8 Å². The third-order valence-corrected chi connectivity index (χ3v) is 4.78. The second kappa shape index (κ2) is 5.25. The number of aliphatic hydroxyl groups is 1. The molecule has 7 nitrogen and oxygen atoms in total. The summed E-state index contributed by atoms with van der Waals surface area (Å²) in [4.78, 5) is 0.00184. The number of nitrogens with one attached hydrogen (secondary N) is 1.